The monoisotopic (exact) mass is 487 g/mol. The topological polar surface area (TPSA) is 118 Å². The van der Waals surface area contributed by atoms with Crippen LogP contribution in [0.25, 0.3) is 11.2 Å². The van der Waals surface area contributed by atoms with E-state index >= 15 is 0 Å². The van der Waals surface area contributed by atoms with Crippen molar-refractivity contribution in [1.82, 2.24) is 30.5 Å². The molecule has 0 saturated carbocycles. The summed E-state index contributed by atoms with van der Waals surface area (Å²) in [7, 11) is 0. The molecule has 0 spiro atoms. The summed E-state index contributed by atoms with van der Waals surface area (Å²) >= 11 is 6.28. The number of ether oxygens (including phenoxy) is 2. The minimum Gasteiger partial charge on any atom is -0.444 e. The zero-order valence-electron chi connectivity index (χ0n) is 20.1. The number of carbonyl (C=O) groups excluding carboxylic acids is 1. The Kier molecular flexibility index (Phi) is 6.53. The number of anilines is 1. The second kappa shape index (κ2) is 9.25. The molecule has 3 aromatic rings. The zero-order chi connectivity index (χ0) is 24.5. The third kappa shape index (κ3) is 5.49. The number of fused-ring (bicyclic) bond motifs is 1. The lowest BCUT2D eigenvalue weighted by atomic mass is 9.80. The SMILES string of the molecule is Cc1nccc(Oc2n[nH]c3nc(N4CCC(C)(CNC(=O)OC(C)(C)C)CC4)cnc23)c1Cl. The molecule has 0 aromatic carbocycles. The molecule has 1 fully saturated rings. The van der Waals surface area contributed by atoms with Gasteiger partial charge < -0.3 is 19.7 Å². The summed E-state index contributed by atoms with van der Waals surface area (Å²) in [5.41, 5.74) is 1.21. The number of aromatic nitrogens is 5. The van der Waals surface area contributed by atoms with E-state index in [2.05, 4.69) is 37.3 Å². The van der Waals surface area contributed by atoms with Crippen LogP contribution in [0.15, 0.2) is 18.5 Å². The van der Waals surface area contributed by atoms with Gasteiger partial charge in [0.25, 0.3) is 5.88 Å². The lowest BCUT2D eigenvalue weighted by Gasteiger charge is -2.39. The molecule has 34 heavy (non-hydrogen) atoms. The van der Waals surface area contributed by atoms with Gasteiger partial charge in [0.1, 0.15) is 16.4 Å². The highest BCUT2D eigenvalue weighted by Crippen LogP contribution is 2.34. The summed E-state index contributed by atoms with van der Waals surface area (Å²) in [4.78, 5) is 27.6. The van der Waals surface area contributed by atoms with E-state index in [9.17, 15) is 4.79 Å². The molecule has 0 radical (unpaired) electrons. The highest BCUT2D eigenvalue weighted by Gasteiger charge is 2.32. The predicted molar refractivity (Wildman–Crippen MR) is 130 cm³/mol. The van der Waals surface area contributed by atoms with Crippen LogP contribution in [0.4, 0.5) is 10.6 Å². The van der Waals surface area contributed by atoms with E-state index in [0.717, 1.165) is 31.7 Å². The molecule has 11 heteroatoms. The second-order valence-electron chi connectivity index (χ2n) is 9.92. The van der Waals surface area contributed by atoms with E-state index in [1.54, 1.807) is 25.4 Å². The third-order valence-corrected chi connectivity index (χ3v) is 6.27. The number of pyridine rings is 1. The van der Waals surface area contributed by atoms with Gasteiger partial charge in [0.2, 0.25) is 0 Å². The molecule has 1 saturated heterocycles. The summed E-state index contributed by atoms with van der Waals surface area (Å²) in [6, 6.07) is 1.68. The molecule has 4 heterocycles. The fourth-order valence-electron chi connectivity index (χ4n) is 3.75. The quantitative estimate of drug-likeness (QED) is 0.534. The van der Waals surface area contributed by atoms with Crippen molar-refractivity contribution in [3.63, 3.8) is 0 Å². The summed E-state index contributed by atoms with van der Waals surface area (Å²) in [5, 5.41) is 10.5. The van der Waals surface area contributed by atoms with Crippen molar-refractivity contribution >= 4 is 34.7 Å². The Morgan fingerprint density at radius 3 is 2.74 bits per heavy atom. The number of hydrogen-bond acceptors (Lipinski definition) is 8. The van der Waals surface area contributed by atoms with Crippen molar-refractivity contribution in [2.45, 2.75) is 53.1 Å². The van der Waals surface area contributed by atoms with Crippen LogP contribution in [-0.4, -0.2) is 56.5 Å². The molecule has 4 rings (SSSR count). The zero-order valence-corrected chi connectivity index (χ0v) is 20.9. The first-order chi connectivity index (χ1) is 16.0. The van der Waals surface area contributed by atoms with E-state index in [4.69, 9.17) is 26.1 Å². The predicted octanol–water partition coefficient (Wildman–Crippen LogP) is 4.63. The van der Waals surface area contributed by atoms with Crippen molar-refractivity contribution in [1.29, 1.82) is 0 Å². The number of H-pyrrole nitrogens is 1. The first-order valence-electron chi connectivity index (χ1n) is 11.2. The van der Waals surface area contributed by atoms with Gasteiger partial charge in [0.05, 0.1) is 11.9 Å². The molecule has 2 N–H and O–H groups in total. The molecule has 0 unspecified atom stereocenters. The number of nitrogens with zero attached hydrogens (tertiary/aromatic N) is 5. The van der Waals surface area contributed by atoms with Gasteiger partial charge >= 0.3 is 6.09 Å². The van der Waals surface area contributed by atoms with Gasteiger partial charge in [-0.1, -0.05) is 18.5 Å². The van der Waals surface area contributed by atoms with Gasteiger partial charge in [-0.05, 0) is 46.0 Å². The van der Waals surface area contributed by atoms with Crippen molar-refractivity contribution in [2.24, 2.45) is 5.41 Å². The molecular formula is C23H30ClN7O3. The van der Waals surface area contributed by atoms with Crippen LogP contribution < -0.4 is 15.0 Å². The minimum absolute atomic E-state index is 0.0120. The number of carbonyl (C=O) groups is 1. The van der Waals surface area contributed by atoms with Gasteiger partial charge in [0, 0.05) is 31.9 Å². The Morgan fingerprint density at radius 1 is 1.29 bits per heavy atom. The van der Waals surface area contributed by atoms with Gasteiger partial charge in [-0.15, -0.1) is 5.10 Å². The third-order valence-electron chi connectivity index (χ3n) is 5.81. The highest BCUT2D eigenvalue weighted by atomic mass is 35.5. The van der Waals surface area contributed by atoms with Crippen LogP contribution in [0.5, 0.6) is 11.6 Å². The van der Waals surface area contributed by atoms with E-state index in [0.29, 0.717) is 40.1 Å². The van der Waals surface area contributed by atoms with Crippen LogP contribution in [0.3, 0.4) is 0 Å². The average Bonchev–Trinajstić information content (AvgIpc) is 3.17. The summed E-state index contributed by atoms with van der Waals surface area (Å²) in [6.45, 7) is 11.7. The fraction of sp³-hybridized carbons (Fsp3) is 0.522. The van der Waals surface area contributed by atoms with E-state index < -0.39 is 5.60 Å². The summed E-state index contributed by atoms with van der Waals surface area (Å²) in [6.07, 6.45) is 4.78. The summed E-state index contributed by atoms with van der Waals surface area (Å²) < 4.78 is 11.2. The van der Waals surface area contributed by atoms with E-state index in [-0.39, 0.29) is 11.5 Å². The molecule has 0 aliphatic carbocycles. The number of rotatable bonds is 5. The van der Waals surface area contributed by atoms with Crippen molar-refractivity contribution in [3.05, 3.63) is 29.2 Å². The Hall–Kier alpha value is -3.14. The first-order valence-corrected chi connectivity index (χ1v) is 11.6. The Bertz CT molecular complexity index is 1180. The van der Waals surface area contributed by atoms with Gasteiger partial charge in [-0.25, -0.2) is 14.8 Å². The lowest BCUT2D eigenvalue weighted by Crippen LogP contribution is -2.46. The van der Waals surface area contributed by atoms with Crippen LogP contribution >= 0.6 is 11.6 Å². The van der Waals surface area contributed by atoms with Gasteiger partial charge in [-0.2, -0.15) is 0 Å². The number of aryl methyl sites for hydroxylation is 1. The number of amides is 1. The Morgan fingerprint density at radius 2 is 2.03 bits per heavy atom. The van der Waals surface area contributed by atoms with Crippen LogP contribution in [0.1, 0.15) is 46.2 Å². The fourth-order valence-corrected chi connectivity index (χ4v) is 3.90. The largest absolute Gasteiger partial charge is 0.444 e. The standard InChI is InChI=1S/C23H30ClN7O3/c1-14-17(24)15(6-9-25-14)33-20-18-19(29-30-20)28-16(12-26-18)31-10-7-23(5,8-11-31)13-27-21(32)34-22(2,3)4/h6,9,12H,7-8,10-11,13H2,1-5H3,(H,27,32)(H,28,29,30). The number of aromatic amines is 1. The number of alkyl carbamates (subject to hydrolysis) is 1. The maximum Gasteiger partial charge on any atom is 0.407 e. The molecule has 1 aliphatic rings. The first kappa shape index (κ1) is 24.0. The van der Waals surface area contributed by atoms with Crippen LogP contribution in [0.2, 0.25) is 5.02 Å². The number of nitrogens with one attached hydrogen (secondary N) is 2. The van der Waals surface area contributed by atoms with Crippen molar-refractivity contribution in [3.8, 4) is 11.6 Å². The van der Waals surface area contributed by atoms with Crippen LogP contribution in [0, 0.1) is 12.3 Å². The Labute approximate surface area is 203 Å². The molecule has 0 atom stereocenters. The molecule has 0 bridgehead atoms. The molecule has 182 valence electrons. The van der Waals surface area contributed by atoms with Crippen molar-refractivity contribution < 1.29 is 14.3 Å². The van der Waals surface area contributed by atoms with Gasteiger partial charge in [-0.3, -0.25) is 10.1 Å². The second-order valence-corrected chi connectivity index (χ2v) is 10.3. The minimum atomic E-state index is -0.507. The number of piperidine rings is 1. The maximum atomic E-state index is 12.0. The average molecular weight is 488 g/mol. The maximum absolute atomic E-state index is 12.0. The smallest absolute Gasteiger partial charge is 0.407 e. The summed E-state index contributed by atoms with van der Waals surface area (Å²) in [5.74, 6) is 1.53. The lowest BCUT2D eigenvalue weighted by molar-refractivity contribution is 0.0495. The van der Waals surface area contributed by atoms with Crippen LogP contribution in [-0.2, 0) is 4.74 Å². The Balaban J connectivity index is 1.38. The number of halogens is 1. The van der Waals surface area contributed by atoms with E-state index in [1.165, 1.54) is 0 Å². The molecule has 10 nitrogen and oxygen atoms in total. The molecule has 1 aliphatic heterocycles. The van der Waals surface area contributed by atoms with Crippen molar-refractivity contribution in [2.75, 3.05) is 24.5 Å². The molecule has 3 aromatic heterocycles. The van der Waals surface area contributed by atoms with E-state index in [1.807, 2.05) is 20.8 Å². The van der Waals surface area contributed by atoms with Gasteiger partial charge in [0.15, 0.2) is 16.9 Å². The highest BCUT2D eigenvalue weighted by molar-refractivity contribution is 6.32. The normalized spacial score (nSPS) is 15.9. The number of hydrogen-bond donors (Lipinski definition) is 2. The molecular weight excluding hydrogens is 458 g/mol. The molecule has 1 amide bonds.